The molecule has 5 nitrogen and oxygen atoms in total. The largest absolute Gasteiger partial charge is 0.495 e. The van der Waals surface area contributed by atoms with Crippen LogP contribution in [0.1, 0.15) is 32.0 Å². The summed E-state index contributed by atoms with van der Waals surface area (Å²) in [5, 5.41) is 4.58. The molecule has 108 valence electrons. The summed E-state index contributed by atoms with van der Waals surface area (Å²) in [6.07, 6.45) is 6.72. The Kier molecular flexibility index (Phi) is 3.87. The van der Waals surface area contributed by atoms with Gasteiger partial charge in [0, 0.05) is 12.5 Å². The lowest BCUT2D eigenvalue weighted by molar-refractivity contribution is 0.154. The number of likely N-dealkylation sites (tertiary alicyclic amines) is 1. The van der Waals surface area contributed by atoms with Gasteiger partial charge in [-0.2, -0.15) is 5.10 Å². The van der Waals surface area contributed by atoms with Crippen molar-refractivity contribution in [3.05, 3.63) is 24.2 Å². The van der Waals surface area contributed by atoms with E-state index in [9.17, 15) is 0 Å². The molecule has 1 atom stereocenters. The molecular formula is C15H22N4O. The molecule has 0 radical (unpaired) electrons. The van der Waals surface area contributed by atoms with E-state index in [0.29, 0.717) is 6.04 Å². The molecule has 0 N–H and O–H groups in total. The molecule has 1 aliphatic rings. The van der Waals surface area contributed by atoms with Crippen LogP contribution in [0.2, 0.25) is 0 Å². The van der Waals surface area contributed by atoms with Crippen LogP contribution in [0.15, 0.2) is 18.3 Å². The zero-order valence-electron chi connectivity index (χ0n) is 12.2. The summed E-state index contributed by atoms with van der Waals surface area (Å²) in [7, 11) is 1.67. The standard InChI is InChI=1S/C15H22N4O/c1-3-18-9-5-4-6-12(18)10-14-16-15-8-7-13(20-2)11-19(15)17-14/h7-8,11-12H,3-6,9-10H2,1-2H3. The van der Waals surface area contributed by atoms with Gasteiger partial charge >= 0.3 is 0 Å². The van der Waals surface area contributed by atoms with Gasteiger partial charge in [0.15, 0.2) is 11.5 Å². The third kappa shape index (κ3) is 2.63. The van der Waals surface area contributed by atoms with Gasteiger partial charge in [-0.1, -0.05) is 13.3 Å². The van der Waals surface area contributed by atoms with Gasteiger partial charge < -0.3 is 9.64 Å². The highest BCUT2D eigenvalue weighted by molar-refractivity contribution is 5.40. The van der Waals surface area contributed by atoms with Gasteiger partial charge in [0.1, 0.15) is 5.75 Å². The van der Waals surface area contributed by atoms with Gasteiger partial charge in [0.2, 0.25) is 0 Å². The van der Waals surface area contributed by atoms with Crippen LogP contribution < -0.4 is 4.74 Å². The van der Waals surface area contributed by atoms with Crippen LogP contribution in [-0.2, 0) is 6.42 Å². The summed E-state index contributed by atoms with van der Waals surface area (Å²) >= 11 is 0. The number of piperidine rings is 1. The van der Waals surface area contributed by atoms with E-state index in [0.717, 1.165) is 30.2 Å². The average Bonchev–Trinajstić information content (AvgIpc) is 2.89. The van der Waals surface area contributed by atoms with Crippen molar-refractivity contribution >= 4 is 5.65 Å². The second-order valence-electron chi connectivity index (χ2n) is 5.38. The maximum Gasteiger partial charge on any atom is 0.155 e. The number of likely N-dealkylation sites (N-methyl/N-ethyl adjacent to an activating group) is 1. The van der Waals surface area contributed by atoms with Crippen molar-refractivity contribution in [1.29, 1.82) is 0 Å². The summed E-state index contributed by atoms with van der Waals surface area (Å²) in [4.78, 5) is 7.17. The molecule has 1 fully saturated rings. The third-order valence-corrected chi connectivity index (χ3v) is 4.16. The molecule has 0 saturated carbocycles. The predicted octanol–water partition coefficient (Wildman–Crippen LogP) is 2.15. The van der Waals surface area contributed by atoms with E-state index < -0.39 is 0 Å². The van der Waals surface area contributed by atoms with Crippen molar-refractivity contribution in [1.82, 2.24) is 19.5 Å². The highest BCUT2D eigenvalue weighted by atomic mass is 16.5. The molecule has 0 bridgehead atoms. The van der Waals surface area contributed by atoms with Crippen molar-refractivity contribution < 1.29 is 4.74 Å². The van der Waals surface area contributed by atoms with E-state index in [1.165, 1.54) is 25.8 Å². The van der Waals surface area contributed by atoms with E-state index in [-0.39, 0.29) is 0 Å². The lowest BCUT2D eigenvalue weighted by Gasteiger charge is -2.34. The molecule has 3 heterocycles. The van der Waals surface area contributed by atoms with Crippen molar-refractivity contribution in [2.24, 2.45) is 0 Å². The Morgan fingerprint density at radius 2 is 2.25 bits per heavy atom. The van der Waals surface area contributed by atoms with Gasteiger partial charge in [0.05, 0.1) is 13.3 Å². The number of nitrogens with zero attached hydrogens (tertiary/aromatic N) is 4. The summed E-state index contributed by atoms with van der Waals surface area (Å²) in [6, 6.07) is 4.47. The van der Waals surface area contributed by atoms with Gasteiger partial charge in [-0.15, -0.1) is 0 Å². The minimum Gasteiger partial charge on any atom is -0.495 e. The summed E-state index contributed by atoms with van der Waals surface area (Å²) in [6.45, 7) is 4.56. The Morgan fingerprint density at radius 1 is 1.35 bits per heavy atom. The molecule has 0 amide bonds. The van der Waals surface area contributed by atoms with Gasteiger partial charge in [-0.25, -0.2) is 9.50 Å². The predicted molar refractivity (Wildman–Crippen MR) is 78.1 cm³/mol. The van der Waals surface area contributed by atoms with Crippen molar-refractivity contribution in [3.63, 3.8) is 0 Å². The van der Waals surface area contributed by atoms with Crippen LogP contribution in [0.5, 0.6) is 5.75 Å². The number of fused-ring (bicyclic) bond motifs is 1. The van der Waals surface area contributed by atoms with Gasteiger partial charge in [-0.05, 0) is 38.1 Å². The fourth-order valence-corrected chi connectivity index (χ4v) is 3.04. The SMILES string of the molecule is CCN1CCCCC1Cc1nc2ccc(OC)cn2n1. The summed E-state index contributed by atoms with van der Waals surface area (Å²) in [5.41, 5.74) is 0.889. The maximum absolute atomic E-state index is 5.22. The van der Waals surface area contributed by atoms with Crippen LogP contribution >= 0.6 is 0 Å². The Bertz CT molecular complexity index is 580. The van der Waals surface area contributed by atoms with Crippen LogP contribution in [0.4, 0.5) is 0 Å². The van der Waals surface area contributed by atoms with E-state index in [2.05, 4.69) is 21.9 Å². The molecule has 0 aromatic carbocycles. The first-order valence-electron chi connectivity index (χ1n) is 7.43. The molecule has 1 aliphatic heterocycles. The number of ether oxygens (including phenoxy) is 1. The van der Waals surface area contributed by atoms with Gasteiger partial charge in [-0.3, -0.25) is 0 Å². The molecule has 3 rings (SSSR count). The number of pyridine rings is 1. The van der Waals surface area contributed by atoms with E-state index in [1.807, 2.05) is 22.8 Å². The van der Waals surface area contributed by atoms with E-state index in [1.54, 1.807) is 7.11 Å². The molecule has 1 unspecified atom stereocenters. The number of hydrogen-bond acceptors (Lipinski definition) is 4. The highest BCUT2D eigenvalue weighted by Gasteiger charge is 2.22. The number of rotatable bonds is 4. The van der Waals surface area contributed by atoms with E-state index >= 15 is 0 Å². The maximum atomic E-state index is 5.22. The lowest BCUT2D eigenvalue weighted by Crippen LogP contribution is -2.40. The lowest BCUT2D eigenvalue weighted by atomic mass is 9.99. The Balaban J connectivity index is 1.79. The first-order chi connectivity index (χ1) is 9.80. The minimum atomic E-state index is 0.591. The third-order valence-electron chi connectivity index (χ3n) is 4.16. The van der Waals surface area contributed by atoms with E-state index in [4.69, 9.17) is 4.74 Å². The number of hydrogen-bond donors (Lipinski definition) is 0. The highest BCUT2D eigenvalue weighted by Crippen LogP contribution is 2.20. The fraction of sp³-hybridized carbons (Fsp3) is 0.600. The summed E-state index contributed by atoms with van der Waals surface area (Å²) in [5.74, 6) is 1.74. The van der Waals surface area contributed by atoms with Crippen LogP contribution in [0.3, 0.4) is 0 Å². The molecule has 1 saturated heterocycles. The first-order valence-corrected chi connectivity index (χ1v) is 7.43. The second-order valence-corrected chi connectivity index (χ2v) is 5.38. The molecule has 5 heteroatoms. The Hall–Kier alpha value is -1.62. The second kappa shape index (κ2) is 5.79. The topological polar surface area (TPSA) is 42.7 Å². The fourth-order valence-electron chi connectivity index (χ4n) is 3.04. The molecular weight excluding hydrogens is 252 g/mol. The molecule has 2 aromatic heterocycles. The zero-order chi connectivity index (χ0) is 13.9. The van der Waals surface area contributed by atoms with Gasteiger partial charge in [0.25, 0.3) is 0 Å². The molecule has 2 aromatic rings. The van der Waals surface area contributed by atoms with Crippen molar-refractivity contribution in [3.8, 4) is 5.75 Å². The minimum absolute atomic E-state index is 0.591. The van der Waals surface area contributed by atoms with Crippen LogP contribution in [0, 0.1) is 0 Å². The average molecular weight is 274 g/mol. The molecule has 20 heavy (non-hydrogen) atoms. The monoisotopic (exact) mass is 274 g/mol. The zero-order valence-corrected chi connectivity index (χ0v) is 12.2. The van der Waals surface area contributed by atoms with Crippen molar-refractivity contribution in [2.45, 2.75) is 38.6 Å². The number of aromatic nitrogens is 3. The smallest absolute Gasteiger partial charge is 0.155 e. The first kappa shape index (κ1) is 13.4. The quantitative estimate of drug-likeness (QED) is 0.857. The van der Waals surface area contributed by atoms with Crippen molar-refractivity contribution in [2.75, 3.05) is 20.2 Å². The summed E-state index contributed by atoms with van der Waals surface area (Å²) < 4.78 is 7.03. The molecule has 0 spiro atoms. The normalized spacial score (nSPS) is 20.4. The van der Waals surface area contributed by atoms with Crippen LogP contribution in [-0.4, -0.2) is 45.7 Å². The number of methoxy groups -OCH3 is 1. The Morgan fingerprint density at radius 3 is 3.05 bits per heavy atom. The van der Waals surface area contributed by atoms with Crippen LogP contribution in [0.25, 0.3) is 5.65 Å². The molecule has 0 aliphatic carbocycles. The Labute approximate surface area is 119 Å².